The summed E-state index contributed by atoms with van der Waals surface area (Å²) in [4.78, 5) is 10.6. The van der Waals surface area contributed by atoms with Crippen LogP contribution < -0.4 is 5.48 Å². The molecular formula is C9H19NO3. The minimum absolute atomic E-state index is 0.0113. The maximum absolute atomic E-state index is 10.6. The molecule has 0 rings (SSSR count). The third-order valence-electron chi connectivity index (χ3n) is 1.94. The van der Waals surface area contributed by atoms with Crippen molar-refractivity contribution < 1.29 is 15.1 Å². The number of amides is 1. The minimum Gasteiger partial charge on any atom is -0.393 e. The zero-order valence-corrected chi connectivity index (χ0v) is 8.12. The lowest BCUT2D eigenvalue weighted by Gasteiger charge is -2.08. The number of unbranched alkanes of at least 4 members (excludes halogenated alkanes) is 3. The van der Waals surface area contributed by atoms with Crippen LogP contribution in [0.1, 0.15) is 45.4 Å². The molecule has 0 aromatic heterocycles. The van der Waals surface area contributed by atoms with Gasteiger partial charge in [-0.15, -0.1) is 0 Å². The Labute approximate surface area is 78.9 Å². The Bertz CT molecular complexity index is 139. The molecule has 0 saturated carbocycles. The molecule has 0 aliphatic carbocycles. The topological polar surface area (TPSA) is 69.6 Å². The zero-order valence-electron chi connectivity index (χ0n) is 8.12. The standard InChI is InChI=1S/C9H19NO3/c1-2-3-4-5-6-8(11)7-9(12)10-13/h8,11,13H,2-7H2,1H3,(H,10,12)/t8-/m1/s1. The van der Waals surface area contributed by atoms with E-state index in [1.54, 1.807) is 0 Å². The number of aliphatic hydroxyl groups excluding tert-OH is 1. The van der Waals surface area contributed by atoms with Crippen molar-refractivity contribution in [3.05, 3.63) is 0 Å². The quantitative estimate of drug-likeness (QED) is 0.320. The Hall–Kier alpha value is -0.610. The average Bonchev–Trinajstić information content (AvgIpc) is 2.12. The summed E-state index contributed by atoms with van der Waals surface area (Å²) < 4.78 is 0. The van der Waals surface area contributed by atoms with Gasteiger partial charge in [0.2, 0.25) is 5.91 Å². The van der Waals surface area contributed by atoms with Crippen molar-refractivity contribution in [1.29, 1.82) is 0 Å². The minimum atomic E-state index is -0.621. The molecule has 4 nitrogen and oxygen atoms in total. The lowest BCUT2D eigenvalue weighted by molar-refractivity contribution is -0.131. The van der Waals surface area contributed by atoms with Crippen LogP contribution in [0.5, 0.6) is 0 Å². The first-order chi connectivity index (χ1) is 6.20. The number of hydrogen-bond acceptors (Lipinski definition) is 3. The monoisotopic (exact) mass is 189 g/mol. The molecular weight excluding hydrogens is 170 g/mol. The van der Waals surface area contributed by atoms with E-state index in [0.29, 0.717) is 6.42 Å². The molecule has 0 aliphatic rings. The van der Waals surface area contributed by atoms with Crippen LogP contribution in [0.3, 0.4) is 0 Å². The van der Waals surface area contributed by atoms with Crippen molar-refractivity contribution in [3.8, 4) is 0 Å². The molecule has 0 aromatic rings. The van der Waals surface area contributed by atoms with Crippen molar-refractivity contribution in [1.82, 2.24) is 5.48 Å². The van der Waals surface area contributed by atoms with Gasteiger partial charge in [0.1, 0.15) is 0 Å². The summed E-state index contributed by atoms with van der Waals surface area (Å²) in [6.07, 6.45) is 4.36. The molecule has 0 saturated heterocycles. The maximum Gasteiger partial charge on any atom is 0.245 e. The number of carbonyl (C=O) groups excluding carboxylic acids is 1. The fourth-order valence-corrected chi connectivity index (χ4v) is 1.17. The average molecular weight is 189 g/mol. The summed E-state index contributed by atoms with van der Waals surface area (Å²) in [5, 5.41) is 17.5. The highest BCUT2D eigenvalue weighted by Gasteiger charge is 2.08. The van der Waals surface area contributed by atoms with E-state index in [-0.39, 0.29) is 6.42 Å². The van der Waals surface area contributed by atoms with Gasteiger partial charge >= 0.3 is 0 Å². The van der Waals surface area contributed by atoms with E-state index >= 15 is 0 Å². The van der Waals surface area contributed by atoms with Crippen LogP contribution in [0.15, 0.2) is 0 Å². The summed E-state index contributed by atoms with van der Waals surface area (Å²) in [6.45, 7) is 2.12. The summed E-state index contributed by atoms with van der Waals surface area (Å²) >= 11 is 0. The van der Waals surface area contributed by atoms with E-state index < -0.39 is 12.0 Å². The number of rotatable bonds is 7. The van der Waals surface area contributed by atoms with Crippen molar-refractivity contribution in [3.63, 3.8) is 0 Å². The molecule has 1 amide bonds. The summed E-state index contributed by atoms with van der Waals surface area (Å²) in [5.41, 5.74) is 1.50. The van der Waals surface area contributed by atoms with Gasteiger partial charge in [-0.05, 0) is 6.42 Å². The van der Waals surface area contributed by atoms with Gasteiger partial charge in [-0.3, -0.25) is 10.0 Å². The van der Waals surface area contributed by atoms with Crippen LogP contribution in [0, 0.1) is 0 Å². The van der Waals surface area contributed by atoms with E-state index in [2.05, 4.69) is 6.92 Å². The van der Waals surface area contributed by atoms with Crippen LogP contribution in [0.2, 0.25) is 0 Å². The maximum atomic E-state index is 10.6. The van der Waals surface area contributed by atoms with Gasteiger partial charge in [0.25, 0.3) is 0 Å². The molecule has 0 bridgehead atoms. The van der Waals surface area contributed by atoms with Crippen molar-refractivity contribution in [2.24, 2.45) is 0 Å². The number of nitrogens with one attached hydrogen (secondary N) is 1. The highest BCUT2D eigenvalue weighted by Crippen LogP contribution is 2.07. The molecule has 0 fully saturated rings. The van der Waals surface area contributed by atoms with E-state index in [0.717, 1.165) is 19.3 Å². The normalized spacial score (nSPS) is 12.5. The molecule has 1 atom stereocenters. The van der Waals surface area contributed by atoms with Crippen molar-refractivity contribution in [2.45, 2.75) is 51.6 Å². The van der Waals surface area contributed by atoms with Gasteiger partial charge in [0.05, 0.1) is 12.5 Å². The third kappa shape index (κ3) is 7.74. The smallest absolute Gasteiger partial charge is 0.245 e. The van der Waals surface area contributed by atoms with E-state index in [1.165, 1.54) is 11.9 Å². The van der Waals surface area contributed by atoms with E-state index in [9.17, 15) is 9.90 Å². The molecule has 0 radical (unpaired) electrons. The molecule has 0 aliphatic heterocycles. The number of hydrogen-bond donors (Lipinski definition) is 3. The summed E-state index contributed by atoms with van der Waals surface area (Å²) in [7, 11) is 0. The first-order valence-corrected chi connectivity index (χ1v) is 4.81. The van der Waals surface area contributed by atoms with E-state index in [4.69, 9.17) is 5.21 Å². The molecule has 0 unspecified atom stereocenters. The Morgan fingerprint density at radius 1 is 1.38 bits per heavy atom. The van der Waals surface area contributed by atoms with Crippen LogP contribution in [0.25, 0.3) is 0 Å². The lowest BCUT2D eigenvalue weighted by Crippen LogP contribution is -2.24. The summed E-state index contributed by atoms with van der Waals surface area (Å²) in [6, 6.07) is 0. The fraction of sp³-hybridized carbons (Fsp3) is 0.889. The van der Waals surface area contributed by atoms with Gasteiger partial charge in [-0.1, -0.05) is 32.6 Å². The van der Waals surface area contributed by atoms with Crippen molar-refractivity contribution in [2.75, 3.05) is 0 Å². The van der Waals surface area contributed by atoms with Gasteiger partial charge in [0.15, 0.2) is 0 Å². The fourth-order valence-electron chi connectivity index (χ4n) is 1.17. The van der Waals surface area contributed by atoms with Crippen LogP contribution in [-0.2, 0) is 4.79 Å². The predicted molar refractivity (Wildman–Crippen MR) is 49.3 cm³/mol. The second kappa shape index (κ2) is 8.01. The third-order valence-corrected chi connectivity index (χ3v) is 1.94. The van der Waals surface area contributed by atoms with Crippen molar-refractivity contribution >= 4 is 5.91 Å². The van der Waals surface area contributed by atoms with Crippen LogP contribution in [0.4, 0.5) is 0 Å². The molecule has 13 heavy (non-hydrogen) atoms. The molecule has 3 N–H and O–H groups in total. The first kappa shape index (κ1) is 12.4. The first-order valence-electron chi connectivity index (χ1n) is 4.81. The lowest BCUT2D eigenvalue weighted by atomic mass is 10.1. The second-order valence-electron chi connectivity index (χ2n) is 3.24. The molecule has 4 heteroatoms. The Kier molecular flexibility index (Phi) is 7.63. The molecule has 78 valence electrons. The Morgan fingerprint density at radius 2 is 2.08 bits per heavy atom. The predicted octanol–water partition coefficient (Wildman–Crippen LogP) is 1.21. The number of hydroxylamine groups is 1. The molecule has 0 spiro atoms. The highest BCUT2D eigenvalue weighted by molar-refractivity contribution is 5.74. The van der Waals surface area contributed by atoms with Crippen LogP contribution in [-0.4, -0.2) is 22.3 Å². The summed E-state index contributed by atoms with van der Waals surface area (Å²) in [5.74, 6) is -0.525. The Morgan fingerprint density at radius 3 is 2.62 bits per heavy atom. The van der Waals surface area contributed by atoms with Crippen LogP contribution >= 0.6 is 0 Å². The number of carbonyl (C=O) groups is 1. The molecule has 0 heterocycles. The van der Waals surface area contributed by atoms with Gasteiger partial charge in [-0.25, -0.2) is 5.48 Å². The largest absolute Gasteiger partial charge is 0.393 e. The highest BCUT2D eigenvalue weighted by atomic mass is 16.5. The van der Waals surface area contributed by atoms with Gasteiger partial charge in [-0.2, -0.15) is 0 Å². The van der Waals surface area contributed by atoms with Gasteiger partial charge < -0.3 is 5.11 Å². The molecule has 0 aromatic carbocycles. The van der Waals surface area contributed by atoms with E-state index in [1.807, 2.05) is 0 Å². The SMILES string of the molecule is CCCCCC[C@@H](O)CC(=O)NO. The van der Waals surface area contributed by atoms with Gasteiger partial charge in [0, 0.05) is 0 Å². The second-order valence-corrected chi connectivity index (χ2v) is 3.24. The zero-order chi connectivity index (χ0) is 10.1. The number of aliphatic hydroxyl groups is 1. The Balaban J connectivity index is 3.29.